The summed E-state index contributed by atoms with van der Waals surface area (Å²) in [4.78, 5) is 0. The third-order valence-electron chi connectivity index (χ3n) is 2.57. The lowest BCUT2D eigenvalue weighted by Crippen LogP contribution is -2.22. The maximum atomic E-state index is 5.80. The molecule has 0 fully saturated rings. The zero-order valence-corrected chi connectivity index (χ0v) is 11.8. The molecule has 0 bridgehead atoms. The van der Waals surface area contributed by atoms with Gasteiger partial charge in [0.2, 0.25) is 0 Å². The van der Waals surface area contributed by atoms with Crippen LogP contribution in [-0.4, -0.2) is 5.60 Å². The van der Waals surface area contributed by atoms with Crippen LogP contribution in [0.3, 0.4) is 0 Å². The van der Waals surface area contributed by atoms with Gasteiger partial charge in [-0.3, -0.25) is 0 Å². The molecule has 1 heteroatoms. The molecule has 2 aromatic carbocycles. The predicted molar refractivity (Wildman–Crippen MR) is 82.2 cm³/mol. The fraction of sp³-hybridized carbons (Fsp3) is 0.222. The molecule has 0 spiro atoms. The van der Waals surface area contributed by atoms with Crippen molar-refractivity contribution in [3.63, 3.8) is 0 Å². The summed E-state index contributed by atoms with van der Waals surface area (Å²) in [7, 11) is 0. The van der Waals surface area contributed by atoms with Gasteiger partial charge >= 0.3 is 0 Å². The van der Waals surface area contributed by atoms with E-state index in [1.165, 1.54) is 11.1 Å². The number of rotatable bonds is 3. The third kappa shape index (κ3) is 4.63. The van der Waals surface area contributed by atoms with E-state index in [0.29, 0.717) is 0 Å². The van der Waals surface area contributed by atoms with Gasteiger partial charge in [-0.15, -0.1) is 0 Å². The first kappa shape index (κ1) is 13.4. The second-order valence-corrected chi connectivity index (χ2v) is 5.53. The second-order valence-electron chi connectivity index (χ2n) is 5.53. The lowest BCUT2D eigenvalue weighted by molar-refractivity contribution is 0.131. The van der Waals surface area contributed by atoms with E-state index in [-0.39, 0.29) is 5.60 Å². The normalized spacial score (nSPS) is 11.7. The Hall–Kier alpha value is -2.02. The highest BCUT2D eigenvalue weighted by molar-refractivity contribution is 5.69. The van der Waals surface area contributed by atoms with Gasteiger partial charge in [0.1, 0.15) is 11.4 Å². The molecule has 0 amide bonds. The van der Waals surface area contributed by atoms with E-state index >= 15 is 0 Å². The van der Waals surface area contributed by atoms with Gasteiger partial charge in [0.25, 0.3) is 0 Å². The van der Waals surface area contributed by atoms with E-state index in [1.807, 2.05) is 30.3 Å². The van der Waals surface area contributed by atoms with Crippen LogP contribution in [0.25, 0.3) is 12.2 Å². The first-order valence-electron chi connectivity index (χ1n) is 6.55. The molecule has 0 atom stereocenters. The van der Waals surface area contributed by atoms with Gasteiger partial charge < -0.3 is 4.74 Å². The minimum Gasteiger partial charge on any atom is -0.488 e. The maximum absolute atomic E-state index is 5.80. The molecular formula is C18H20O. The Morgan fingerprint density at radius 3 is 1.79 bits per heavy atom. The summed E-state index contributed by atoms with van der Waals surface area (Å²) in [6.07, 6.45) is 4.22. The van der Waals surface area contributed by atoms with Crippen LogP contribution < -0.4 is 4.74 Å². The van der Waals surface area contributed by atoms with Crippen molar-refractivity contribution >= 4 is 12.2 Å². The van der Waals surface area contributed by atoms with Gasteiger partial charge in [-0.05, 0) is 44.0 Å². The summed E-state index contributed by atoms with van der Waals surface area (Å²) >= 11 is 0. The molecular weight excluding hydrogens is 232 g/mol. The van der Waals surface area contributed by atoms with Crippen LogP contribution in [0.4, 0.5) is 0 Å². The SMILES string of the molecule is CC(C)(C)Oc1ccc(/C=C/c2ccccc2)cc1. The van der Waals surface area contributed by atoms with Crippen LogP contribution in [0.2, 0.25) is 0 Å². The molecule has 0 aliphatic heterocycles. The lowest BCUT2D eigenvalue weighted by Gasteiger charge is -2.21. The molecule has 0 heterocycles. The van der Waals surface area contributed by atoms with Crippen molar-refractivity contribution in [3.05, 3.63) is 65.7 Å². The molecule has 0 aliphatic carbocycles. The Bertz CT molecular complexity index is 530. The van der Waals surface area contributed by atoms with E-state index in [0.717, 1.165) is 5.75 Å². The van der Waals surface area contributed by atoms with E-state index in [9.17, 15) is 0 Å². The van der Waals surface area contributed by atoms with Crippen LogP contribution in [-0.2, 0) is 0 Å². The Kier molecular flexibility index (Phi) is 4.06. The predicted octanol–water partition coefficient (Wildman–Crippen LogP) is 5.03. The van der Waals surface area contributed by atoms with Crippen molar-refractivity contribution in [1.29, 1.82) is 0 Å². The summed E-state index contributed by atoms with van der Waals surface area (Å²) in [5, 5.41) is 0. The van der Waals surface area contributed by atoms with Gasteiger partial charge in [0.15, 0.2) is 0 Å². The Labute approximate surface area is 115 Å². The number of hydrogen-bond donors (Lipinski definition) is 0. The molecule has 0 unspecified atom stereocenters. The van der Waals surface area contributed by atoms with Crippen molar-refractivity contribution in [2.75, 3.05) is 0 Å². The Morgan fingerprint density at radius 2 is 1.26 bits per heavy atom. The molecule has 0 saturated heterocycles. The zero-order valence-electron chi connectivity index (χ0n) is 11.8. The second kappa shape index (κ2) is 5.75. The molecule has 98 valence electrons. The van der Waals surface area contributed by atoms with Gasteiger partial charge in [-0.25, -0.2) is 0 Å². The molecule has 0 saturated carbocycles. The van der Waals surface area contributed by atoms with Gasteiger partial charge in [0, 0.05) is 0 Å². The standard InChI is InChI=1S/C18H20O/c1-18(2,3)19-17-13-11-16(12-14-17)10-9-15-7-5-4-6-8-15/h4-14H,1-3H3/b10-9+. The average molecular weight is 252 g/mol. The lowest BCUT2D eigenvalue weighted by atomic mass is 10.1. The van der Waals surface area contributed by atoms with Crippen molar-refractivity contribution in [2.45, 2.75) is 26.4 Å². The molecule has 1 nitrogen and oxygen atoms in total. The van der Waals surface area contributed by atoms with Crippen LogP contribution in [0.5, 0.6) is 5.75 Å². The first-order valence-corrected chi connectivity index (χ1v) is 6.55. The van der Waals surface area contributed by atoms with Crippen molar-refractivity contribution in [1.82, 2.24) is 0 Å². The highest BCUT2D eigenvalue weighted by Gasteiger charge is 2.10. The topological polar surface area (TPSA) is 9.23 Å². The van der Waals surface area contributed by atoms with Crippen LogP contribution in [0.1, 0.15) is 31.9 Å². The van der Waals surface area contributed by atoms with Gasteiger partial charge in [-0.1, -0.05) is 54.6 Å². The largest absolute Gasteiger partial charge is 0.488 e. The molecule has 0 N–H and O–H groups in total. The summed E-state index contributed by atoms with van der Waals surface area (Å²) in [5.41, 5.74) is 2.23. The summed E-state index contributed by atoms with van der Waals surface area (Å²) in [6.45, 7) is 6.16. The van der Waals surface area contributed by atoms with E-state index in [4.69, 9.17) is 4.74 Å². The summed E-state index contributed by atoms with van der Waals surface area (Å²) in [5.74, 6) is 0.907. The molecule has 2 aromatic rings. The minimum atomic E-state index is -0.151. The molecule has 0 radical (unpaired) electrons. The smallest absolute Gasteiger partial charge is 0.120 e. The van der Waals surface area contributed by atoms with Crippen molar-refractivity contribution < 1.29 is 4.74 Å². The number of ether oxygens (including phenoxy) is 1. The van der Waals surface area contributed by atoms with E-state index in [1.54, 1.807) is 0 Å². The average Bonchev–Trinajstić information content (AvgIpc) is 2.37. The van der Waals surface area contributed by atoms with Gasteiger partial charge in [0.05, 0.1) is 0 Å². The van der Waals surface area contributed by atoms with Crippen molar-refractivity contribution in [2.24, 2.45) is 0 Å². The zero-order chi connectivity index (χ0) is 13.7. The molecule has 0 aliphatic rings. The quantitative estimate of drug-likeness (QED) is 0.696. The van der Waals surface area contributed by atoms with Gasteiger partial charge in [-0.2, -0.15) is 0 Å². The van der Waals surface area contributed by atoms with E-state index in [2.05, 4.69) is 57.2 Å². The highest BCUT2D eigenvalue weighted by atomic mass is 16.5. The molecule has 0 aromatic heterocycles. The third-order valence-corrected chi connectivity index (χ3v) is 2.57. The van der Waals surface area contributed by atoms with Crippen LogP contribution >= 0.6 is 0 Å². The number of hydrogen-bond acceptors (Lipinski definition) is 1. The fourth-order valence-corrected chi connectivity index (χ4v) is 1.76. The van der Waals surface area contributed by atoms with Crippen LogP contribution in [0, 0.1) is 0 Å². The monoisotopic (exact) mass is 252 g/mol. The molecule has 2 rings (SSSR count). The summed E-state index contributed by atoms with van der Waals surface area (Å²) < 4.78 is 5.80. The van der Waals surface area contributed by atoms with Crippen LogP contribution in [0.15, 0.2) is 54.6 Å². The first-order chi connectivity index (χ1) is 9.03. The molecule has 19 heavy (non-hydrogen) atoms. The Balaban J connectivity index is 2.05. The van der Waals surface area contributed by atoms with Crippen molar-refractivity contribution in [3.8, 4) is 5.75 Å². The number of benzene rings is 2. The Morgan fingerprint density at radius 1 is 0.737 bits per heavy atom. The minimum absolute atomic E-state index is 0.151. The van der Waals surface area contributed by atoms with E-state index < -0.39 is 0 Å². The summed E-state index contributed by atoms with van der Waals surface area (Å²) in [6, 6.07) is 18.4. The highest BCUT2D eigenvalue weighted by Crippen LogP contribution is 2.19. The fourth-order valence-electron chi connectivity index (χ4n) is 1.76. The maximum Gasteiger partial charge on any atom is 0.120 e.